The molecule has 4 heteroatoms. The van der Waals surface area contributed by atoms with Crippen molar-refractivity contribution in [2.45, 2.75) is 6.92 Å². The van der Waals surface area contributed by atoms with Crippen LogP contribution in [0.2, 0.25) is 0 Å². The Labute approximate surface area is 102 Å². The first-order valence-electron chi connectivity index (χ1n) is 5.75. The molecular formula is C12H18ClN3. The number of aromatic nitrogens is 1. The Morgan fingerprint density at radius 3 is 2.56 bits per heavy atom. The van der Waals surface area contributed by atoms with Crippen LogP contribution in [0.5, 0.6) is 0 Å². The van der Waals surface area contributed by atoms with E-state index in [0.29, 0.717) is 0 Å². The third-order valence-electron chi connectivity index (χ3n) is 2.99. The average molecular weight is 240 g/mol. The minimum absolute atomic E-state index is 0.725. The summed E-state index contributed by atoms with van der Waals surface area (Å²) < 4.78 is 0. The fraction of sp³-hybridized carbons (Fsp3) is 0.583. The summed E-state index contributed by atoms with van der Waals surface area (Å²) in [4.78, 5) is 9.19. The van der Waals surface area contributed by atoms with Gasteiger partial charge in [0.15, 0.2) is 0 Å². The molecule has 0 bridgehead atoms. The van der Waals surface area contributed by atoms with Crippen molar-refractivity contribution in [3.8, 4) is 0 Å². The van der Waals surface area contributed by atoms with Crippen molar-refractivity contribution in [2.75, 3.05) is 43.5 Å². The van der Waals surface area contributed by atoms with Gasteiger partial charge in [-0.15, -0.1) is 11.6 Å². The molecular weight excluding hydrogens is 222 g/mol. The molecule has 0 aliphatic carbocycles. The number of hydrogen-bond acceptors (Lipinski definition) is 3. The van der Waals surface area contributed by atoms with Crippen molar-refractivity contribution in [3.05, 3.63) is 23.9 Å². The molecule has 88 valence electrons. The van der Waals surface area contributed by atoms with Gasteiger partial charge in [-0.05, 0) is 18.6 Å². The molecule has 1 aromatic heterocycles. The van der Waals surface area contributed by atoms with Crippen LogP contribution < -0.4 is 4.90 Å². The third-order valence-corrected chi connectivity index (χ3v) is 3.16. The molecule has 1 aliphatic heterocycles. The second-order valence-electron chi connectivity index (χ2n) is 4.21. The molecule has 0 amide bonds. The van der Waals surface area contributed by atoms with Crippen LogP contribution in [0.25, 0.3) is 0 Å². The molecule has 0 saturated carbocycles. The number of halogens is 1. The number of anilines is 1. The molecule has 1 aromatic rings. The van der Waals surface area contributed by atoms with Gasteiger partial charge in [-0.3, -0.25) is 4.90 Å². The van der Waals surface area contributed by atoms with E-state index in [2.05, 4.69) is 33.8 Å². The maximum absolute atomic E-state index is 5.74. The summed E-state index contributed by atoms with van der Waals surface area (Å²) in [6.45, 7) is 7.33. The van der Waals surface area contributed by atoms with Gasteiger partial charge in [-0.25, -0.2) is 4.98 Å². The normalized spacial score (nSPS) is 17.8. The molecule has 1 aliphatic rings. The zero-order chi connectivity index (χ0) is 11.4. The van der Waals surface area contributed by atoms with Crippen LogP contribution in [-0.2, 0) is 0 Å². The van der Waals surface area contributed by atoms with Gasteiger partial charge in [0.2, 0.25) is 0 Å². The average Bonchev–Trinajstić information content (AvgIpc) is 2.32. The van der Waals surface area contributed by atoms with E-state index in [4.69, 9.17) is 11.6 Å². The van der Waals surface area contributed by atoms with E-state index >= 15 is 0 Å². The molecule has 0 radical (unpaired) electrons. The highest BCUT2D eigenvalue weighted by Crippen LogP contribution is 2.13. The van der Waals surface area contributed by atoms with E-state index in [0.717, 1.165) is 44.4 Å². The summed E-state index contributed by atoms with van der Waals surface area (Å²) in [7, 11) is 0. The first-order chi connectivity index (χ1) is 7.79. The van der Waals surface area contributed by atoms with Crippen molar-refractivity contribution >= 4 is 17.4 Å². The van der Waals surface area contributed by atoms with Crippen LogP contribution in [-0.4, -0.2) is 48.5 Å². The molecule has 1 fully saturated rings. The highest BCUT2D eigenvalue weighted by molar-refractivity contribution is 6.18. The lowest BCUT2D eigenvalue weighted by Gasteiger charge is -2.35. The molecule has 3 nitrogen and oxygen atoms in total. The number of piperazine rings is 1. The van der Waals surface area contributed by atoms with Crippen LogP contribution in [0, 0.1) is 6.92 Å². The molecule has 2 heterocycles. The van der Waals surface area contributed by atoms with E-state index in [-0.39, 0.29) is 0 Å². The van der Waals surface area contributed by atoms with Crippen LogP contribution in [0.3, 0.4) is 0 Å². The van der Waals surface area contributed by atoms with E-state index in [1.165, 1.54) is 5.56 Å². The standard InChI is InChI=1S/C12H18ClN3/c1-11-2-3-12(14-10-11)16-8-6-15(5-4-13)7-9-16/h2-3,10H,4-9H2,1H3. The largest absolute Gasteiger partial charge is 0.354 e. The second kappa shape index (κ2) is 5.51. The third kappa shape index (κ3) is 2.86. The Kier molecular flexibility index (Phi) is 4.02. The lowest BCUT2D eigenvalue weighted by Crippen LogP contribution is -2.47. The Morgan fingerprint density at radius 2 is 2.00 bits per heavy atom. The Morgan fingerprint density at radius 1 is 1.25 bits per heavy atom. The first kappa shape index (κ1) is 11.7. The fourth-order valence-electron chi connectivity index (χ4n) is 1.97. The monoisotopic (exact) mass is 239 g/mol. The van der Waals surface area contributed by atoms with Gasteiger partial charge >= 0.3 is 0 Å². The maximum atomic E-state index is 5.74. The number of hydrogen-bond donors (Lipinski definition) is 0. The van der Waals surface area contributed by atoms with Gasteiger partial charge in [0, 0.05) is 44.8 Å². The van der Waals surface area contributed by atoms with Crippen LogP contribution in [0.4, 0.5) is 5.82 Å². The molecule has 2 rings (SSSR count). The summed E-state index contributed by atoms with van der Waals surface area (Å²) in [5.41, 5.74) is 1.21. The van der Waals surface area contributed by atoms with Crippen molar-refractivity contribution < 1.29 is 0 Å². The highest BCUT2D eigenvalue weighted by Gasteiger charge is 2.16. The number of pyridine rings is 1. The summed E-state index contributed by atoms with van der Waals surface area (Å²) in [6, 6.07) is 4.22. The molecule has 16 heavy (non-hydrogen) atoms. The minimum Gasteiger partial charge on any atom is -0.354 e. The number of rotatable bonds is 3. The highest BCUT2D eigenvalue weighted by atomic mass is 35.5. The topological polar surface area (TPSA) is 19.4 Å². The number of nitrogens with zero attached hydrogens (tertiary/aromatic N) is 3. The molecule has 0 spiro atoms. The van der Waals surface area contributed by atoms with Gasteiger partial charge < -0.3 is 4.90 Å². The summed E-state index contributed by atoms with van der Waals surface area (Å²) in [5, 5.41) is 0. The second-order valence-corrected chi connectivity index (χ2v) is 4.59. The molecule has 0 atom stereocenters. The Bertz CT molecular complexity index is 318. The molecule has 0 N–H and O–H groups in total. The maximum Gasteiger partial charge on any atom is 0.128 e. The van der Waals surface area contributed by atoms with E-state index in [1.54, 1.807) is 0 Å². The lowest BCUT2D eigenvalue weighted by molar-refractivity contribution is 0.272. The molecule has 1 saturated heterocycles. The van der Waals surface area contributed by atoms with Crippen molar-refractivity contribution in [3.63, 3.8) is 0 Å². The fourth-order valence-corrected chi connectivity index (χ4v) is 2.21. The summed E-state index contributed by atoms with van der Waals surface area (Å²) >= 11 is 5.74. The van der Waals surface area contributed by atoms with Crippen LogP contribution in [0.1, 0.15) is 5.56 Å². The summed E-state index contributed by atoms with van der Waals surface area (Å²) in [6.07, 6.45) is 1.93. The van der Waals surface area contributed by atoms with E-state index in [9.17, 15) is 0 Å². The SMILES string of the molecule is Cc1ccc(N2CCN(CCCl)CC2)nc1. The van der Waals surface area contributed by atoms with Gasteiger partial charge in [-0.2, -0.15) is 0 Å². The molecule has 0 unspecified atom stereocenters. The van der Waals surface area contributed by atoms with Gasteiger partial charge in [0.05, 0.1) is 0 Å². The first-order valence-corrected chi connectivity index (χ1v) is 6.29. The number of alkyl halides is 1. The Balaban J connectivity index is 1.91. The van der Waals surface area contributed by atoms with Crippen LogP contribution in [0.15, 0.2) is 18.3 Å². The van der Waals surface area contributed by atoms with Crippen molar-refractivity contribution in [1.29, 1.82) is 0 Å². The van der Waals surface area contributed by atoms with Gasteiger partial charge in [0.25, 0.3) is 0 Å². The van der Waals surface area contributed by atoms with Crippen molar-refractivity contribution in [1.82, 2.24) is 9.88 Å². The smallest absolute Gasteiger partial charge is 0.128 e. The van der Waals surface area contributed by atoms with Gasteiger partial charge in [-0.1, -0.05) is 6.07 Å². The molecule has 0 aromatic carbocycles. The van der Waals surface area contributed by atoms with Gasteiger partial charge in [0.1, 0.15) is 5.82 Å². The lowest BCUT2D eigenvalue weighted by atomic mass is 10.3. The summed E-state index contributed by atoms with van der Waals surface area (Å²) in [5.74, 6) is 1.82. The van der Waals surface area contributed by atoms with Crippen LogP contribution >= 0.6 is 11.6 Å². The quantitative estimate of drug-likeness (QED) is 0.750. The predicted molar refractivity (Wildman–Crippen MR) is 68.3 cm³/mol. The van der Waals surface area contributed by atoms with Crippen molar-refractivity contribution in [2.24, 2.45) is 0 Å². The Hall–Kier alpha value is -0.800. The minimum atomic E-state index is 0.725. The van der Waals surface area contributed by atoms with E-state index < -0.39 is 0 Å². The van der Waals surface area contributed by atoms with E-state index in [1.807, 2.05) is 6.20 Å². The zero-order valence-electron chi connectivity index (χ0n) is 9.69. The zero-order valence-corrected chi connectivity index (χ0v) is 10.5. The number of aryl methyl sites for hydroxylation is 1. The predicted octanol–water partition coefficient (Wildman–Crippen LogP) is 1.75.